The van der Waals surface area contributed by atoms with Gasteiger partial charge in [0, 0.05) is 27.1 Å². The maximum Gasteiger partial charge on any atom is 0.135 e. The molecule has 2 aromatic heterocycles. The lowest BCUT2D eigenvalue weighted by Crippen LogP contribution is -1.93. The van der Waals surface area contributed by atoms with Crippen molar-refractivity contribution in [1.82, 2.24) is 9.97 Å². The van der Waals surface area contributed by atoms with Crippen molar-refractivity contribution in [3.63, 3.8) is 0 Å². The molecule has 0 spiro atoms. The minimum absolute atomic E-state index is 0.848. The molecule has 0 fully saturated rings. The minimum Gasteiger partial charge on any atom is -0.456 e. The number of nitrogens with zero attached hydrogens (tertiary/aromatic N) is 2. The molecule has 8 aromatic carbocycles. The molecule has 49 heavy (non-hydrogen) atoms. The van der Waals surface area contributed by atoms with Crippen LogP contribution < -0.4 is 0 Å². The Hall–Kier alpha value is -6.58. The van der Waals surface area contributed by atoms with Gasteiger partial charge in [-0.1, -0.05) is 133 Å². The molecule has 0 aliphatic rings. The molecule has 3 nitrogen and oxygen atoms in total. The van der Waals surface area contributed by atoms with Gasteiger partial charge in [0.15, 0.2) is 0 Å². The number of para-hydroxylation sites is 1. The lowest BCUT2D eigenvalue weighted by atomic mass is 9.93. The number of furan rings is 1. The third-order valence-corrected chi connectivity index (χ3v) is 9.72. The maximum absolute atomic E-state index is 6.06. The fraction of sp³-hybridized carbons (Fsp3) is 0. The monoisotopic (exact) mass is 624 g/mol. The Kier molecular flexibility index (Phi) is 6.18. The second-order valence-corrected chi connectivity index (χ2v) is 12.6. The molecule has 0 aliphatic heterocycles. The van der Waals surface area contributed by atoms with Gasteiger partial charge in [-0.2, -0.15) is 0 Å². The molecule has 0 amide bonds. The molecule has 0 aliphatic carbocycles. The van der Waals surface area contributed by atoms with E-state index in [0.717, 1.165) is 77.3 Å². The molecule has 10 rings (SSSR count). The van der Waals surface area contributed by atoms with Crippen LogP contribution >= 0.6 is 0 Å². The molecule has 3 heteroatoms. The summed E-state index contributed by atoms with van der Waals surface area (Å²) in [6.45, 7) is 0. The van der Waals surface area contributed by atoms with Crippen molar-refractivity contribution in [2.75, 3.05) is 0 Å². The maximum atomic E-state index is 6.06. The van der Waals surface area contributed by atoms with Crippen molar-refractivity contribution in [3.8, 4) is 44.6 Å². The van der Waals surface area contributed by atoms with Gasteiger partial charge in [0.25, 0.3) is 0 Å². The second kappa shape index (κ2) is 11.0. The molecule has 2 heterocycles. The number of hydrogen-bond acceptors (Lipinski definition) is 3. The van der Waals surface area contributed by atoms with E-state index in [-0.39, 0.29) is 0 Å². The van der Waals surface area contributed by atoms with E-state index in [1.54, 1.807) is 0 Å². The number of hydrogen-bond donors (Lipinski definition) is 0. The van der Waals surface area contributed by atoms with E-state index in [9.17, 15) is 0 Å². The Labute approximate surface area is 282 Å². The first-order valence-corrected chi connectivity index (χ1v) is 16.6. The average molecular weight is 625 g/mol. The van der Waals surface area contributed by atoms with Crippen molar-refractivity contribution in [2.45, 2.75) is 0 Å². The first kappa shape index (κ1) is 27.5. The van der Waals surface area contributed by atoms with Crippen molar-refractivity contribution < 1.29 is 4.42 Å². The quantitative estimate of drug-likeness (QED) is 0.183. The number of rotatable bonds is 4. The van der Waals surface area contributed by atoms with Gasteiger partial charge in [-0.25, -0.2) is 4.98 Å². The zero-order valence-electron chi connectivity index (χ0n) is 26.5. The Morgan fingerprint density at radius 3 is 1.49 bits per heavy atom. The van der Waals surface area contributed by atoms with Crippen LogP contribution in [-0.4, -0.2) is 9.97 Å². The first-order chi connectivity index (χ1) is 24.3. The second-order valence-electron chi connectivity index (χ2n) is 12.6. The molecule has 0 N–H and O–H groups in total. The SMILES string of the molecule is c1ccc(-c2ccc3c4ccc(-c5ccccc5)cc4c4nc(-c5ccc(-c6ccc7oc8ccccc8c7c6)cc5)cnc4c3c2)cc1. The lowest BCUT2D eigenvalue weighted by Gasteiger charge is -2.13. The van der Waals surface area contributed by atoms with Crippen LogP contribution in [0, 0.1) is 0 Å². The third-order valence-electron chi connectivity index (χ3n) is 9.72. The van der Waals surface area contributed by atoms with Crippen LogP contribution in [0.25, 0.3) is 99.2 Å². The highest BCUT2D eigenvalue weighted by molar-refractivity contribution is 6.24. The van der Waals surface area contributed by atoms with Crippen molar-refractivity contribution in [3.05, 3.63) is 170 Å². The molecule has 0 radical (unpaired) electrons. The summed E-state index contributed by atoms with van der Waals surface area (Å²) in [4.78, 5) is 10.5. The van der Waals surface area contributed by atoms with Gasteiger partial charge >= 0.3 is 0 Å². The van der Waals surface area contributed by atoms with Crippen molar-refractivity contribution in [2.24, 2.45) is 0 Å². The summed E-state index contributed by atoms with van der Waals surface area (Å²) in [5, 5.41) is 6.81. The standard InChI is InChI=1S/C46H28N2O/c1-3-9-29(10-4-1)33-19-22-36-37-23-20-34(30-11-5-2-6-12-30)27-41(37)46-45(40(36)26-33)47-28-42(48-46)32-17-15-31(16-18-32)35-21-24-44-39(25-35)38-13-7-8-14-43(38)49-44/h1-28H. The minimum atomic E-state index is 0.848. The van der Waals surface area contributed by atoms with E-state index in [1.807, 2.05) is 18.3 Å². The summed E-state index contributed by atoms with van der Waals surface area (Å²) in [7, 11) is 0. The van der Waals surface area contributed by atoms with Crippen LogP contribution in [-0.2, 0) is 0 Å². The normalized spacial score (nSPS) is 11.7. The van der Waals surface area contributed by atoms with Crippen LogP contribution in [0.5, 0.6) is 0 Å². The molecule has 0 bridgehead atoms. The highest BCUT2D eigenvalue weighted by atomic mass is 16.3. The number of fused-ring (bicyclic) bond motifs is 9. The number of benzene rings is 8. The van der Waals surface area contributed by atoms with Crippen molar-refractivity contribution in [1.29, 1.82) is 0 Å². The van der Waals surface area contributed by atoms with E-state index in [1.165, 1.54) is 21.9 Å². The first-order valence-electron chi connectivity index (χ1n) is 16.6. The topological polar surface area (TPSA) is 38.9 Å². The van der Waals surface area contributed by atoms with Crippen LogP contribution in [0.3, 0.4) is 0 Å². The molecular formula is C46H28N2O. The van der Waals surface area contributed by atoms with Gasteiger partial charge in [-0.15, -0.1) is 0 Å². The van der Waals surface area contributed by atoms with Crippen LogP contribution in [0.15, 0.2) is 174 Å². The van der Waals surface area contributed by atoms with Crippen LogP contribution in [0.2, 0.25) is 0 Å². The molecule has 0 unspecified atom stereocenters. The molecule has 10 aromatic rings. The largest absolute Gasteiger partial charge is 0.456 e. The summed E-state index contributed by atoms with van der Waals surface area (Å²) >= 11 is 0. The fourth-order valence-corrected chi connectivity index (χ4v) is 7.22. The Morgan fingerprint density at radius 1 is 0.327 bits per heavy atom. The summed E-state index contributed by atoms with van der Waals surface area (Å²) in [5.74, 6) is 0. The van der Waals surface area contributed by atoms with Gasteiger partial charge in [0.1, 0.15) is 11.2 Å². The zero-order valence-corrected chi connectivity index (χ0v) is 26.5. The van der Waals surface area contributed by atoms with E-state index in [2.05, 4.69) is 152 Å². The van der Waals surface area contributed by atoms with Crippen LogP contribution in [0.4, 0.5) is 0 Å². The van der Waals surface area contributed by atoms with Gasteiger partial charge in [-0.3, -0.25) is 4.98 Å². The Balaban J connectivity index is 1.13. The zero-order chi connectivity index (χ0) is 32.3. The highest BCUT2D eigenvalue weighted by Crippen LogP contribution is 2.39. The summed E-state index contributed by atoms with van der Waals surface area (Å²) in [6.07, 6.45) is 1.92. The molecule has 228 valence electrons. The smallest absolute Gasteiger partial charge is 0.135 e. The summed E-state index contributed by atoms with van der Waals surface area (Å²) < 4.78 is 6.06. The van der Waals surface area contributed by atoms with E-state index in [0.29, 0.717) is 0 Å². The predicted octanol–water partition coefficient (Wildman–Crippen LogP) is 12.5. The number of aromatic nitrogens is 2. The third kappa shape index (κ3) is 4.59. The van der Waals surface area contributed by atoms with Crippen molar-refractivity contribution >= 4 is 54.5 Å². The Bertz CT molecular complexity index is 2850. The predicted molar refractivity (Wildman–Crippen MR) is 204 cm³/mol. The molecule has 0 saturated heterocycles. The Morgan fingerprint density at radius 2 is 0.816 bits per heavy atom. The highest BCUT2D eigenvalue weighted by Gasteiger charge is 2.15. The van der Waals surface area contributed by atoms with Gasteiger partial charge in [0.05, 0.1) is 22.9 Å². The van der Waals surface area contributed by atoms with E-state index >= 15 is 0 Å². The molecule has 0 saturated carbocycles. The summed E-state index contributed by atoms with van der Waals surface area (Å²) in [6, 6.07) is 57.7. The lowest BCUT2D eigenvalue weighted by molar-refractivity contribution is 0.669. The summed E-state index contributed by atoms with van der Waals surface area (Å²) in [5.41, 5.74) is 12.5. The van der Waals surface area contributed by atoms with Gasteiger partial charge < -0.3 is 4.42 Å². The van der Waals surface area contributed by atoms with Gasteiger partial charge in [0.2, 0.25) is 0 Å². The molecule has 0 atom stereocenters. The van der Waals surface area contributed by atoms with E-state index < -0.39 is 0 Å². The fourth-order valence-electron chi connectivity index (χ4n) is 7.22. The van der Waals surface area contributed by atoms with Crippen LogP contribution in [0.1, 0.15) is 0 Å². The van der Waals surface area contributed by atoms with Gasteiger partial charge in [-0.05, 0) is 74.5 Å². The average Bonchev–Trinajstić information content (AvgIpc) is 3.56. The van der Waals surface area contributed by atoms with E-state index in [4.69, 9.17) is 14.4 Å². The molecular weight excluding hydrogens is 597 g/mol.